The number of aryl methyl sites for hydroxylation is 1. The molecule has 0 radical (unpaired) electrons. The number of hydrogen-bond acceptors (Lipinski definition) is 8. The molecule has 0 bridgehead atoms. The minimum absolute atomic E-state index is 0.531. The van der Waals surface area contributed by atoms with E-state index in [2.05, 4.69) is 31.2 Å². The van der Waals surface area contributed by atoms with Crippen LogP contribution in [0.15, 0.2) is 54.6 Å². The van der Waals surface area contributed by atoms with Crippen molar-refractivity contribution in [1.29, 1.82) is 0 Å². The quantitative estimate of drug-likeness (QED) is 0.0842. The molecule has 0 unspecified atom stereocenters. The summed E-state index contributed by atoms with van der Waals surface area (Å²) in [5.41, 5.74) is 2.55. The SMILES string of the molecule is CCCCCCCCCc1ccc(OCCOCCOCCOCCOCCOCCOCCOCc2ccccc2)cc1. The molecule has 0 heterocycles. The van der Waals surface area contributed by atoms with Gasteiger partial charge < -0.3 is 37.9 Å². The first-order chi connectivity index (χ1) is 21.9. The number of unbranched alkanes of at least 4 members (excludes halogenated alkanes) is 6. The van der Waals surface area contributed by atoms with Gasteiger partial charge in [-0.15, -0.1) is 0 Å². The summed E-state index contributed by atoms with van der Waals surface area (Å²) in [4.78, 5) is 0. The zero-order valence-electron chi connectivity index (χ0n) is 27.2. The Morgan fingerprint density at radius 3 is 1.32 bits per heavy atom. The predicted octanol–water partition coefficient (Wildman–Crippen LogP) is 6.67. The molecule has 250 valence electrons. The molecule has 0 saturated heterocycles. The van der Waals surface area contributed by atoms with Crippen molar-refractivity contribution < 1.29 is 37.9 Å². The summed E-state index contributed by atoms with van der Waals surface area (Å²) in [5.74, 6) is 0.892. The molecule has 8 nitrogen and oxygen atoms in total. The van der Waals surface area contributed by atoms with Crippen LogP contribution in [0, 0.1) is 0 Å². The largest absolute Gasteiger partial charge is 0.491 e. The summed E-state index contributed by atoms with van der Waals surface area (Å²) in [6, 6.07) is 18.6. The second-order valence-corrected chi connectivity index (χ2v) is 10.6. The van der Waals surface area contributed by atoms with Crippen LogP contribution in [0.2, 0.25) is 0 Å². The normalized spacial score (nSPS) is 11.3. The Bertz CT molecular complexity index is 849. The average molecular weight is 619 g/mol. The summed E-state index contributed by atoms with van der Waals surface area (Å²) < 4.78 is 44.5. The lowest BCUT2D eigenvalue weighted by Crippen LogP contribution is -2.15. The molecule has 0 amide bonds. The highest BCUT2D eigenvalue weighted by Gasteiger charge is 1.99. The van der Waals surface area contributed by atoms with E-state index in [1.54, 1.807) is 0 Å². The highest BCUT2D eigenvalue weighted by atomic mass is 16.6. The van der Waals surface area contributed by atoms with Crippen LogP contribution in [0.4, 0.5) is 0 Å². The van der Waals surface area contributed by atoms with E-state index in [-0.39, 0.29) is 0 Å². The van der Waals surface area contributed by atoms with Crippen molar-refractivity contribution in [3.8, 4) is 5.75 Å². The zero-order valence-corrected chi connectivity index (χ0v) is 27.2. The predicted molar refractivity (Wildman–Crippen MR) is 175 cm³/mol. The van der Waals surface area contributed by atoms with E-state index in [9.17, 15) is 0 Å². The summed E-state index contributed by atoms with van der Waals surface area (Å²) in [6.07, 6.45) is 10.6. The van der Waals surface area contributed by atoms with Gasteiger partial charge in [0.1, 0.15) is 12.4 Å². The maximum absolute atomic E-state index is 5.78. The molecule has 0 fully saturated rings. The second kappa shape index (κ2) is 29.7. The minimum atomic E-state index is 0.531. The van der Waals surface area contributed by atoms with Gasteiger partial charge in [-0.05, 0) is 36.1 Å². The van der Waals surface area contributed by atoms with E-state index in [1.807, 2.05) is 30.3 Å². The van der Waals surface area contributed by atoms with Crippen molar-refractivity contribution in [2.75, 3.05) is 92.5 Å². The topological polar surface area (TPSA) is 73.8 Å². The summed E-state index contributed by atoms with van der Waals surface area (Å²) in [6.45, 7) is 10.4. The smallest absolute Gasteiger partial charge is 0.119 e. The Morgan fingerprint density at radius 2 is 0.818 bits per heavy atom. The van der Waals surface area contributed by atoms with E-state index in [0.717, 1.165) is 12.2 Å². The maximum Gasteiger partial charge on any atom is 0.119 e. The van der Waals surface area contributed by atoms with Gasteiger partial charge in [-0.3, -0.25) is 0 Å². The first-order valence-electron chi connectivity index (χ1n) is 16.7. The molecule has 0 atom stereocenters. The van der Waals surface area contributed by atoms with Crippen molar-refractivity contribution in [2.45, 2.75) is 64.9 Å². The molecule has 0 aliphatic rings. The number of rotatable bonds is 32. The van der Waals surface area contributed by atoms with Crippen molar-refractivity contribution in [1.82, 2.24) is 0 Å². The van der Waals surface area contributed by atoms with Gasteiger partial charge >= 0.3 is 0 Å². The zero-order chi connectivity index (χ0) is 31.0. The van der Waals surface area contributed by atoms with E-state index in [0.29, 0.717) is 99.1 Å². The number of hydrogen-bond donors (Lipinski definition) is 0. The molecule has 0 spiro atoms. The first kappa shape index (κ1) is 38.1. The third-order valence-corrected chi connectivity index (χ3v) is 6.83. The maximum atomic E-state index is 5.78. The second-order valence-electron chi connectivity index (χ2n) is 10.6. The van der Waals surface area contributed by atoms with Gasteiger partial charge in [-0.1, -0.05) is 87.9 Å². The molecule has 0 N–H and O–H groups in total. The molecule has 0 aliphatic carbocycles. The van der Waals surface area contributed by atoms with E-state index in [1.165, 1.54) is 56.1 Å². The standard InChI is InChI=1S/C36H58O8/c1-2-3-4-5-6-7-9-12-34-15-17-36(18-16-34)44-32-31-42-28-27-40-24-23-38-20-19-37-21-22-39-25-26-41-29-30-43-33-35-13-10-8-11-14-35/h8,10-11,13-18H,2-7,9,12,19-33H2,1H3. The lowest BCUT2D eigenvalue weighted by Gasteiger charge is -2.09. The van der Waals surface area contributed by atoms with Gasteiger partial charge in [0, 0.05) is 0 Å². The molecular formula is C36H58O8. The Balaban J connectivity index is 1.22. The van der Waals surface area contributed by atoms with Gasteiger partial charge in [-0.25, -0.2) is 0 Å². The van der Waals surface area contributed by atoms with Gasteiger partial charge in [0.2, 0.25) is 0 Å². The van der Waals surface area contributed by atoms with Gasteiger partial charge in [0.25, 0.3) is 0 Å². The van der Waals surface area contributed by atoms with E-state index < -0.39 is 0 Å². The van der Waals surface area contributed by atoms with Crippen LogP contribution in [-0.2, 0) is 46.2 Å². The van der Waals surface area contributed by atoms with Gasteiger partial charge in [0.05, 0.1) is 92.5 Å². The highest BCUT2D eigenvalue weighted by molar-refractivity contribution is 5.27. The Kier molecular flexibility index (Phi) is 25.7. The van der Waals surface area contributed by atoms with Crippen LogP contribution in [0.1, 0.15) is 63.0 Å². The third kappa shape index (κ3) is 23.4. The summed E-state index contributed by atoms with van der Waals surface area (Å²) in [5, 5.41) is 0. The minimum Gasteiger partial charge on any atom is -0.491 e. The molecular weight excluding hydrogens is 560 g/mol. The fraction of sp³-hybridized carbons (Fsp3) is 0.667. The number of ether oxygens (including phenoxy) is 8. The summed E-state index contributed by atoms with van der Waals surface area (Å²) >= 11 is 0. The first-order valence-corrected chi connectivity index (χ1v) is 16.7. The Hall–Kier alpha value is -2.04. The molecule has 2 aromatic rings. The number of benzene rings is 2. The average Bonchev–Trinajstić information content (AvgIpc) is 3.06. The summed E-state index contributed by atoms with van der Waals surface area (Å²) in [7, 11) is 0. The van der Waals surface area contributed by atoms with Crippen molar-refractivity contribution in [3.05, 3.63) is 65.7 Å². The molecule has 0 aromatic heterocycles. The van der Waals surface area contributed by atoms with Crippen LogP contribution < -0.4 is 4.74 Å². The van der Waals surface area contributed by atoms with Crippen LogP contribution in [0.3, 0.4) is 0 Å². The van der Waals surface area contributed by atoms with E-state index >= 15 is 0 Å². The van der Waals surface area contributed by atoms with Gasteiger partial charge in [-0.2, -0.15) is 0 Å². The lowest BCUT2D eigenvalue weighted by atomic mass is 10.0. The highest BCUT2D eigenvalue weighted by Crippen LogP contribution is 2.15. The molecule has 44 heavy (non-hydrogen) atoms. The fourth-order valence-corrected chi connectivity index (χ4v) is 4.34. The van der Waals surface area contributed by atoms with Crippen LogP contribution in [0.25, 0.3) is 0 Å². The van der Waals surface area contributed by atoms with Crippen molar-refractivity contribution in [2.24, 2.45) is 0 Å². The lowest BCUT2D eigenvalue weighted by molar-refractivity contribution is -0.0218. The monoisotopic (exact) mass is 618 g/mol. The molecule has 2 rings (SSSR count). The third-order valence-electron chi connectivity index (χ3n) is 6.83. The van der Waals surface area contributed by atoms with Crippen LogP contribution in [-0.4, -0.2) is 92.5 Å². The molecule has 0 aliphatic heterocycles. The Labute approximate surface area is 266 Å². The molecule has 8 heteroatoms. The van der Waals surface area contributed by atoms with Crippen LogP contribution >= 0.6 is 0 Å². The fourth-order valence-electron chi connectivity index (χ4n) is 4.34. The molecule has 0 saturated carbocycles. The van der Waals surface area contributed by atoms with Crippen molar-refractivity contribution >= 4 is 0 Å². The van der Waals surface area contributed by atoms with Gasteiger partial charge in [0.15, 0.2) is 0 Å². The molecule has 2 aromatic carbocycles. The Morgan fingerprint density at radius 1 is 0.386 bits per heavy atom. The van der Waals surface area contributed by atoms with Crippen LogP contribution in [0.5, 0.6) is 5.75 Å². The van der Waals surface area contributed by atoms with E-state index in [4.69, 9.17) is 37.9 Å². The van der Waals surface area contributed by atoms with Crippen molar-refractivity contribution in [3.63, 3.8) is 0 Å².